The average Bonchev–Trinajstić information content (AvgIpc) is 2.77. The second-order valence-electron chi connectivity index (χ2n) is 3.12. The summed E-state index contributed by atoms with van der Waals surface area (Å²) >= 11 is 0. The summed E-state index contributed by atoms with van der Waals surface area (Å²) in [5.41, 5.74) is 2.40. The molecule has 78 valence electrons. The Balaban J connectivity index is 2.44. The number of ether oxygens (including phenoxy) is 1. The predicted molar refractivity (Wildman–Crippen MR) is 56.5 cm³/mol. The first kappa shape index (κ1) is 9.73. The molecule has 0 saturated heterocycles. The maximum atomic E-state index is 9.09. The fourth-order valence-corrected chi connectivity index (χ4v) is 1.46. The summed E-state index contributed by atoms with van der Waals surface area (Å²) in [5.74, 6) is 0.777. The molecule has 4 nitrogen and oxygen atoms in total. The second-order valence-corrected chi connectivity index (χ2v) is 3.12. The SMILES string of the molecule is COc1cccc(-c2nc[nH]c2CO)c1. The van der Waals surface area contributed by atoms with Gasteiger partial charge >= 0.3 is 0 Å². The summed E-state index contributed by atoms with van der Waals surface area (Å²) in [6, 6.07) is 7.58. The molecular formula is C11H12N2O2. The summed E-state index contributed by atoms with van der Waals surface area (Å²) in [7, 11) is 1.62. The van der Waals surface area contributed by atoms with Crippen LogP contribution in [0.2, 0.25) is 0 Å². The van der Waals surface area contributed by atoms with Crippen molar-refractivity contribution in [2.75, 3.05) is 7.11 Å². The van der Waals surface area contributed by atoms with Crippen molar-refractivity contribution in [3.8, 4) is 17.0 Å². The van der Waals surface area contributed by atoms with Gasteiger partial charge in [0.1, 0.15) is 5.75 Å². The molecule has 1 aromatic heterocycles. The molecule has 0 saturated carbocycles. The number of aromatic amines is 1. The molecule has 1 aromatic carbocycles. The maximum Gasteiger partial charge on any atom is 0.119 e. The lowest BCUT2D eigenvalue weighted by Gasteiger charge is -2.03. The van der Waals surface area contributed by atoms with Gasteiger partial charge in [-0.3, -0.25) is 0 Å². The Bertz CT molecular complexity index is 451. The molecule has 15 heavy (non-hydrogen) atoms. The van der Waals surface area contributed by atoms with Gasteiger partial charge in [-0.2, -0.15) is 0 Å². The van der Waals surface area contributed by atoms with Crippen LogP contribution in [-0.4, -0.2) is 22.2 Å². The van der Waals surface area contributed by atoms with Gasteiger partial charge in [-0.15, -0.1) is 0 Å². The fraction of sp³-hybridized carbons (Fsp3) is 0.182. The van der Waals surface area contributed by atoms with Crippen molar-refractivity contribution in [1.82, 2.24) is 9.97 Å². The van der Waals surface area contributed by atoms with Crippen LogP contribution >= 0.6 is 0 Å². The number of aromatic nitrogens is 2. The minimum Gasteiger partial charge on any atom is -0.497 e. The van der Waals surface area contributed by atoms with Crippen molar-refractivity contribution in [1.29, 1.82) is 0 Å². The van der Waals surface area contributed by atoms with Gasteiger partial charge in [0, 0.05) is 5.56 Å². The molecule has 0 aliphatic carbocycles. The molecule has 0 fully saturated rings. The number of hydrogen-bond acceptors (Lipinski definition) is 3. The second kappa shape index (κ2) is 4.14. The first-order chi connectivity index (χ1) is 7.35. The van der Waals surface area contributed by atoms with E-state index >= 15 is 0 Å². The normalized spacial score (nSPS) is 10.3. The molecule has 0 aliphatic rings. The van der Waals surface area contributed by atoms with E-state index < -0.39 is 0 Å². The highest BCUT2D eigenvalue weighted by Crippen LogP contribution is 2.24. The van der Waals surface area contributed by atoms with Gasteiger partial charge in [-0.05, 0) is 12.1 Å². The number of methoxy groups -OCH3 is 1. The van der Waals surface area contributed by atoms with Gasteiger partial charge in [-0.1, -0.05) is 12.1 Å². The van der Waals surface area contributed by atoms with Gasteiger partial charge < -0.3 is 14.8 Å². The van der Waals surface area contributed by atoms with Crippen LogP contribution in [0.1, 0.15) is 5.69 Å². The monoisotopic (exact) mass is 204 g/mol. The average molecular weight is 204 g/mol. The van der Waals surface area contributed by atoms with Crippen molar-refractivity contribution in [2.45, 2.75) is 6.61 Å². The zero-order chi connectivity index (χ0) is 10.7. The number of H-pyrrole nitrogens is 1. The van der Waals surface area contributed by atoms with E-state index in [4.69, 9.17) is 9.84 Å². The van der Waals surface area contributed by atoms with Gasteiger partial charge in [0.2, 0.25) is 0 Å². The molecule has 4 heteroatoms. The molecule has 0 spiro atoms. The lowest BCUT2D eigenvalue weighted by atomic mass is 10.1. The Morgan fingerprint density at radius 2 is 2.33 bits per heavy atom. The predicted octanol–water partition coefficient (Wildman–Crippen LogP) is 1.58. The van der Waals surface area contributed by atoms with E-state index in [-0.39, 0.29) is 6.61 Å². The smallest absolute Gasteiger partial charge is 0.119 e. The minimum absolute atomic E-state index is 0.0491. The number of aliphatic hydroxyl groups is 1. The van der Waals surface area contributed by atoms with E-state index in [0.717, 1.165) is 17.0 Å². The summed E-state index contributed by atoms with van der Waals surface area (Å²) in [5, 5.41) is 9.09. The summed E-state index contributed by atoms with van der Waals surface area (Å²) in [4.78, 5) is 7.05. The zero-order valence-corrected chi connectivity index (χ0v) is 8.40. The van der Waals surface area contributed by atoms with Crippen molar-refractivity contribution in [3.05, 3.63) is 36.3 Å². The molecule has 0 atom stereocenters. The lowest BCUT2D eigenvalue weighted by Crippen LogP contribution is -1.89. The molecule has 1 heterocycles. The third-order valence-corrected chi connectivity index (χ3v) is 2.22. The molecule has 0 aliphatic heterocycles. The number of nitrogens with zero attached hydrogens (tertiary/aromatic N) is 1. The number of benzene rings is 1. The van der Waals surface area contributed by atoms with E-state index in [1.165, 1.54) is 0 Å². The number of hydrogen-bond donors (Lipinski definition) is 2. The van der Waals surface area contributed by atoms with Gasteiger partial charge in [0.25, 0.3) is 0 Å². The van der Waals surface area contributed by atoms with E-state index in [1.807, 2.05) is 24.3 Å². The molecule has 2 aromatic rings. The van der Waals surface area contributed by atoms with E-state index in [9.17, 15) is 0 Å². The molecule has 2 rings (SSSR count). The van der Waals surface area contributed by atoms with E-state index in [1.54, 1.807) is 13.4 Å². The number of imidazole rings is 1. The largest absolute Gasteiger partial charge is 0.497 e. The highest BCUT2D eigenvalue weighted by Gasteiger charge is 2.07. The Morgan fingerprint density at radius 1 is 1.47 bits per heavy atom. The van der Waals surface area contributed by atoms with Gasteiger partial charge in [-0.25, -0.2) is 4.98 Å². The fourth-order valence-electron chi connectivity index (χ4n) is 1.46. The van der Waals surface area contributed by atoms with Crippen LogP contribution in [-0.2, 0) is 6.61 Å². The third kappa shape index (κ3) is 1.85. The Kier molecular flexibility index (Phi) is 2.69. The minimum atomic E-state index is -0.0491. The van der Waals surface area contributed by atoms with Gasteiger partial charge in [0.05, 0.1) is 31.4 Å². The van der Waals surface area contributed by atoms with Crippen molar-refractivity contribution < 1.29 is 9.84 Å². The first-order valence-electron chi connectivity index (χ1n) is 4.62. The molecule has 0 bridgehead atoms. The van der Waals surface area contributed by atoms with Crippen LogP contribution in [0, 0.1) is 0 Å². The molecule has 0 amide bonds. The maximum absolute atomic E-state index is 9.09. The third-order valence-electron chi connectivity index (χ3n) is 2.22. The molecule has 0 unspecified atom stereocenters. The summed E-state index contributed by atoms with van der Waals surface area (Å²) in [6.07, 6.45) is 1.57. The first-order valence-corrected chi connectivity index (χ1v) is 4.62. The Hall–Kier alpha value is -1.81. The van der Waals surface area contributed by atoms with E-state index in [2.05, 4.69) is 9.97 Å². The summed E-state index contributed by atoms with van der Waals surface area (Å²) in [6.45, 7) is -0.0491. The topological polar surface area (TPSA) is 58.1 Å². The van der Waals surface area contributed by atoms with Crippen LogP contribution in [0.3, 0.4) is 0 Å². The van der Waals surface area contributed by atoms with Crippen LogP contribution in [0.4, 0.5) is 0 Å². The zero-order valence-electron chi connectivity index (χ0n) is 8.40. The van der Waals surface area contributed by atoms with E-state index in [0.29, 0.717) is 5.69 Å². The van der Waals surface area contributed by atoms with Gasteiger partial charge in [0.15, 0.2) is 0 Å². The summed E-state index contributed by atoms with van der Waals surface area (Å²) < 4.78 is 5.13. The highest BCUT2D eigenvalue weighted by molar-refractivity contribution is 5.63. The van der Waals surface area contributed by atoms with Crippen LogP contribution in [0.25, 0.3) is 11.3 Å². The quantitative estimate of drug-likeness (QED) is 0.798. The standard InChI is InChI=1S/C11H12N2O2/c1-15-9-4-2-3-8(5-9)11-10(6-14)12-7-13-11/h2-5,7,14H,6H2,1H3,(H,12,13). The van der Waals surface area contributed by atoms with Crippen LogP contribution in [0.15, 0.2) is 30.6 Å². The van der Waals surface area contributed by atoms with Crippen LogP contribution < -0.4 is 4.74 Å². The Morgan fingerprint density at radius 3 is 3.07 bits per heavy atom. The number of rotatable bonds is 3. The van der Waals surface area contributed by atoms with Crippen molar-refractivity contribution >= 4 is 0 Å². The molecule has 0 radical (unpaired) electrons. The van der Waals surface area contributed by atoms with Crippen LogP contribution in [0.5, 0.6) is 5.75 Å². The lowest BCUT2D eigenvalue weighted by molar-refractivity contribution is 0.278. The van der Waals surface area contributed by atoms with Crippen molar-refractivity contribution in [2.24, 2.45) is 0 Å². The number of aliphatic hydroxyl groups excluding tert-OH is 1. The van der Waals surface area contributed by atoms with Crippen molar-refractivity contribution in [3.63, 3.8) is 0 Å². The highest BCUT2D eigenvalue weighted by atomic mass is 16.5. The molecular weight excluding hydrogens is 192 g/mol. The Labute approximate surface area is 87.6 Å². The number of nitrogens with one attached hydrogen (secondary N) is 1. The molecule has 2 N–H and O–H groups in total.